The number of rotatable bonds is 2. The number of furan rings is 1. The van der Waals surface area contributed by atoms with E-state index in [-0.39, 0.29) is 11.5 Å². The molecule has 0 atom stereocenters. The lowest BCUT2D eigenvalue weighted by atomic mass is 10.1. The van der Waals surface area contributed by atoms with E-state index in [0.29, 0.717) is 21.7 Å². The second-order valence-electron chi connectivity index (χ2n) is 4.24. The van der Waals surface area contributed by atoms with Crippen LogP contribution in [-0.2, 0) is 0 Å². The van der Waals surface area contributed by atoms with Gasteiger partial charge < -0.3 is 4.42 Å². The molecular weight excluding hydrogens is 260 g/mol. The summed E-state index contributed by atoms with van der Waals surface area (Å²) in [5, 5.41) is 1.45. The smallest absolute Gasteiger partial charge is 0.228 e. The first-order valence-electron chi connectivity index (χ1n) is 5.80. The van der Waals surface area contributed by atoms with Gasteiger partial charge in [0.15, 0.2) is 5.76 Å². The van der Waals surface area contributed by atoms with E-state index in [2.05, 4.69) is 6.92 Å². The first-order chi connectivity index (χ1) is 9.16. The summed E-state index contributed by atoms with van der Waals surface area (Å²) < 4.78 is 5.60. The summed E-state index contributed by atoms with van der Waals surface area (Å²) in [5.74, 6) is 0.0985. The number of halogens is 1. The van der Waals surface area contributed by atoms with Crippen molar-refractivity contribution in [3.05, 3.63) is 77.4 Å². The SMILES string of the molecule is [CH2]c1c(C(=O)c2ccc(Cl)cc2)oc2ccccc12. The van der Waals surface area contributed by atoms with E-state index in [1.807, 2.05) is 24.3 Å². The maximum Gasteiger partial charge on any atom is 0.228 e. The van der Waals surface area contributed by atoms with Gasteiger partial charge in [-0.3, -0.25) is 4.79 Å². The van der Waals surface area contributed by atoms with Gasteiger partial charge in [-0.25, -0.2) is 0 Å². The molecule has 0 amide bonds. The molecule has 0 saturated carbocycles. The van der Waals surface area contributed by atoms with E-state index in [1.54, 1.807) is 24.3 Å². The van der Waals surface area contributed by atoms with Crippen molar-refractivity contribution >= 4 is 28.4 Å². The largest absolute Gasteiger partial charge is 0.452 e. The average molecular weight is 270 g/mol. The van der Waals surface area contributed by atoms with Crippen LogP contribution in [0.4, 0.5) is 0 Å². The minimum Gasteiger partial charge on any atom is -0.452 e. The molecule has 0 aliphatic carbocycles. The van der Waals surface area contributed by atoms with Crippen molar-refractivity contribution in [2.75, 3.05) is 0 Å². The predicted molar refractivity (Wildman–Crippen MR) is 75.6 cm³/mol. The van der Waals surface area contributed by atoms with Crippen molar-refractivity contribution in [2.24, 2.45) is 0 Å². The Balaban J connectivity index is 2.11. The van der Waals surface area contributed by atoms with E-state index < -0.39 is 0 Å². The fourth-order valence-corrected chi connectivity index (χ4v) is 2.14. The molecule has 19 heavy (non-hydrogen) atoms. The highest BCUT2D eigenvalue weighted by Gasteiger charge is 2.18. The number of benzene rings is 2. The molecule has 3 aromatic rings. The van der Waals surface area contributed by atoms with Crippen molar-refractivity contribution < 1.29 is 9.21 Å². The standard InChI is InChI=1S/C16H10ClO2/c1-10-13-4-2-3-5-14(13)19-16(10)15(18)11-6-8-12(17)9-7-11/h2-9H,1H2. The fraction of sp³-hybridized carbons (Fsp3) is 0. The third kappa shape index (κ3) is 2.04. The van der Waals surface area contributed by atoms with Gasteiger partial charge in [-0.1, -0.05) is 29.8 Å². The Morgan fingerprint density at radius 3 is 2.42 bits per heavy atom. The average Bonchev–Trinajstić information content (AvgIpc) is 2.77. The van der Waals surface area contributed by atoms with Crippen LogP contribution in [0.3, 0.4) is 0 Å². The van der Waals surface area contributed by atoms with Gasteiger partial charge in [-0.15, -0.1) is 0 Å². The zero-order valence-electron chi connectivity index (χ0n) is 10.0. The highest BCUT2D eigenvalue weighted by Crippen LogP contribution is 2.27. The molecule has 0 saturated heterocycles. The second-order valence-corrected chi connectivity index (χ2v) is 4.68. The van der Waals surface area contributed by atoms with Crippen molar-refractivity contribution in [3.8, 4) is 0 Å². The summed E-state index contributed by atoms with van der Waals surface area (Å²) in [6.07, 6.45) is 0. The minimum atomic E-state index is -0.183. The van der Waals surface area contributed by atoms with Crippen molar-refractivity contribution in [1.29, 1.82) is 0 Å². The summed E-state index contributed by atoms with van der Waals surface area (Å²) in [5.41, 5.74) is 1.83. The summed E-state index contributed by atoms with van der Waals surface area (Å²) in [4.78, 5) is 12.4. The molecule has 2 aromatic carbocycles. The second kappa shape index (κ2) is 4.56. The molecule has 1 radical (unpaired) electrons. The van der Waals surface area contributed by atoms with Crippen LogP contribution in [0.25, 0.3) is 11.0 Å². The number of ketones is 1. The molecule has 0 spiro atoms. The van der Waals surface area contributed by atoms with E-state index in [1.165, 1.54) is 0 Å². The number of hydrogen-bond acceptors (Lipinski definition) is 2. The van der Waals surface area contributed by atoms with Gasteiger partial charge in [0.25, 0.3) is 0 Å². The maximum atomic E-state index is 12.4. The monoisotopic (exact) mass is 269 g/mol. The Morgan fingerprint density at radius 1 is 1.05 bits per heavy atom. The molecule has 93 valence electrons. The van der Waals surface area contributed by atoms with Gasteiger partial charge in [0.2, 0.25) is 5.78 Å². The molecule has 1 heterocycles. The lowest BCUT2D eigenvalue weighted by Crippen LogP contribution is -2.00. The molecule has 3 rings (SSSR count). The summed E-state index contributed by atoms with van der Waals surface area (Å²) >= 11 is 5.81. The third-order valence-electron chi connectivity index (χ3n) is 3.01. The number of fused-ring (bicyclic) bond motifs is 1. The molecule has 2 nitrogen and oxygen atoms in total. The Labute approximate surface area is 115 Å². The summed E-state index contributed by atoms with van der Waals surface area (Å²) in [7, 11) is 0. The van der Waals surface area contributed by atoms with E-state index in [0.717, 1.165) is 5.39 Å². The lowest BCUT2D eigenvalue weighted by Gasteiger charge is -1.99. The van der Waals surface area contributed by atoms with Crippen molar-refractivity contribution in [1.82, 2.24) is 0 Å². The van der Waals surface area contributed by atoms with E-state index in [9.17, 15) is 4.79 Å². The van der Waals surface area contributed by atoms with Crippen LogP contribution < -0.4 is 0 Å². The van der Waals surface area contributed by atoms with Crippen LogP contribution in [0.5, 0.6) is 0 Å². The number of carbonyl (C=O) groups excluding carboxylic acids is 1. The summed E-state index contributed by atoms with van der Waals surface area (Å²) in [6.45, 7) is 3.93. The number of carbonyl (C=O) groups is 1. The molecule has 0 aliphatic rings. The highest BCUT2D eigenvalue weighted by atomic mass is 35.5. The van der Waals surface area contributed by atoms with Crippen molar-refractivity contribution in [2.45, 2.75) is 0 Å². The lowest BCUT2D eigenvalue weighted by molar-refractivity contribution is 0.101. The van der Waals surface area contributed by atoms with Crippen LogP contribution in [0.2, 0.25) is 5.02 Å². The molecule has 0 N–H and O–H groups in total. The number of hydrogen-bond donors (Lipinski definition) is 0. The van der Waals surface area contributed by atoms with Crippen LogP contribution in [0, 0.1) is 6.92 Å². The van der Waals surface area contributed by atoms with Gasteiger partial charge in [0.05, 0.1) is 0 Å². The first kappa shape index (κ1) is 12.0. The Kier molecular flexibility index (Phi) is 2.88. The quantitative estimate of drug-likeness (QED) is 0.641. The van der Waals surface area contributed by atoms with Crippen LogP contribution in [0.1, 0.15) is 21.7 Å². The highest BCUT2D eigenvalue weighted by molar-refractivity contribution is 6.30. The fourth-order valence-electron chi connectivity index (χ4n) is 2.01. The molecule has 0 aliphatic heterocycles. The first-order valence-corrected chi connectivity index (χ1v) is 6.18. The van der Waals surface area contributed by atoms with Gasteiger partial charge in [-0.2, -0.15) is 0 Å². The van der Waals surface area contributed by atoms with Crippen LogP contribution in [-0.4, -0.2) is 5.78 Å². The van der Waals surface area contributed by atoms with E-state index >= 15 is 0 Å². The normalized spacial score (nSPS) is 10.8. The molecule has 0 unspecified atom stereocenters. The number of para-hydroxylation sites is 1. The van der Waals surface area contributed by atoms with Gasteiger partial charge >= 0.3 is 0 Å². The Bertz CT molecular complexity index is 754. The Hall–Kier alpha value is -2.06. The zero-order valence-corrected chi connectivity index (χ0v) is 10.8. The third-order valence-corrected chi connectivity index (χ3v) is 3.26. The van der Waals surface area contributed by atoms with E-state index in [4.69, 9.17) is 16.0 Å². The van der Waals surface area contributed by atoms with Crippen LogP contribution >= 0.6 is 11.6 Å². The Morgan fingerprint density at radius 2 is 1.74 bits per heavy atom. The maximum absolute atomic E-state index is 12.4. The molecule has 0 fully saturated rings. The minimum absolute atomic E-state index is 0.183. The van der Waals surface area contributed by atoms with Crippen molar-refractivity contribution in [3.63, 3.8) is 0 Å². The molecular formula is C16H10ClO2. The summed E-state index contributed by atoms with van der Waals surface area (Å²) in [6, 6.07) is 14.2. The van der Waals surface area contributed by atoms with Crippen LogP contribution in [0.15, 0.2) is 52.9 Å². The zero-order chi connectivity index (χ0) is 13.4. The topological polar surface area (TPSA) is 30.2 Å². The van der Waals surface area contributed by atoms with Gasteiger partial charge in [0, 0.05) is 21.5 Å². The molecule has 0 bridgehead atoms. The molecule has 1 aromatic heterocycles. The predicted octanol–water partition coefficient (Wildman–Crippen LogP) is 4.50. The van der Waals surface area contributed by atoms with Gasteiger partial charge in [0.1, 0.15) is 5.58 Å². The molecule has 3 heteroatoms. The van der Waals surface area contributed by atoms with Gasteiger partial charge in [-0.05, 0) is 37.3 Å².